The molecule has 6 nitrogen and oxygen atoms in total. The Hall–Kier alpha value is -2.08. The van der Waals surface area contributed by atoms with Crippen molar-refractivity contribution < 1.29 is 14.3 Å². The molecule has 1 heterocycles. The lowest BCUT2D eigenvalue weighted by atomic mass is 10.0. The van der Waals surface area contributed by atoms with Crippen LogP contribution in [-0.4, -0.2) is 66.7 Å². The molecule has 1 N–H and O–H groups in total. The van der Waals surface area contributed by atoms with Crippen LogP contribution in [0.1, 0.15) is 51.7 Å². The lowest BCUT2D eigenvalue weighted by Gasteiger charge is -2.35. The Morgan fingerprint density at radius 2 is 1.68 bits per heavy atom. The van der Waals surface area contributed by atoms with Gasteiger partial charge < -0.3 is 15.0 Å². The summed E-state index contributed by atoms with van der Waals surface area (Å²) in [5.74, 6) is 0.564. The normalized spacial score (nSPS) is 15.6. The third kappa shape index (κ3) is 7.50. The van der Waals surface area contributed by atoms with Gasteiger partial charge in [0.05, 0.1) is 6.54 Å². The Kier molecular flexibility index (Phi) is 7.87. The van der Waals surface area contributed by atoms with Gasteiger partial charge in [-0.25, -0.2) is 4.79 Å². The third-order valence-electron chi connectivity index (χ3n) is 4.77. The van der Waals surface area contributed by atoms with Gasteiger partial charge in [-0.1, -0.05) is 38.1 Å². The molecule has 1 aliphatic heterocycles. The van der Waals surface area contributed by atoms with E-state index >= 15 is 0 Å². The fourth-order valence-electron chi connectivity index (χ4n) is 3.09. The topological polar surface area (TPSA) is 61.9 Å². The van der Waals surface area contributed by atoms with Crippen LogP contribution in [0.15, 0.2) is 24.3 Å². The van der Waals surface area contributed by atoms with Gasteiger partial charge in [-0.2, -0.15) is 0 Å². The molecule has 0 saturated carbocycles. The largest absolute Gasteiger partial charge is 0.444 e. The molecule has 0 unspecified atom stereocenters. The van der Waals surface area contributed by atoms with E-state index in [0.29, 0.717) is 45.2 Å². The second-order valence-electron chi connectivity index (χ2n) is 8.74. The summed E-state index contributed by atoms with van der Waals surface area (Å²) in [6.45, 7) is 13.5. The van der Waals surface area contributed by atoms with E-state index < -0.39 is 5.60 Å². The number of carbonyl (C=O) groups excluding carboxylic acids is 2. The minimum atomic E-state index is -0.483. The number of hydrogen-bond acceptors (Lipinski definition) is 4. The summed E-state index contributed by atoms with van der Waals surface area (Å²) >= 11 is 0. The zero-order valence-corrected chi connectivity index (χ0v) is 18.0. The summed E-state index contributed by atoms with van der Waals surface area (Å²) in [6, 6.07) is 8.59. The number of ether oxygens (including phenoxy) is 1. The smallest absolute Gasteiger partial charge is 0.410 e. The van der Waals surface area contributed by atoms with E-state index in [-0.39, 0.29) is 12.0 Å². The number of piperazine rings is 1. The van der Waals surface area contributed by atoms with E-state index in [1.165, 1.54) is 11.1 Å². The summed E-state index contributed by atoms with van der Waals surface area (Å²) in [7, 11) is 0. The van der Waals surface area contributed by atoms with Gasteiger partial charge in [-0.05, 0) is 44.2 Å². The van der Waals surface area contributed by atoms with Crippen molar-refractivity contribution in [3.8, 4) is 0 Å². The van der Waals surface area contributed by atoms with Gasteiger partial charge in [-0.3, -0.25) is 9.69 Å². The maximum atomic E-state index is 12.2. The van der Waals surface area contributed by atoms with Crippen LogP contribution in [0.5, 0.6) is 0 Å². The van der Waals surface area contributed by atoms with Crippen LogP contribution in [0, 0.1) is 0 Å². The van der Waals surface area contributed by atoms with Crippen molar-refractivity contribution in [2.75, 3.05) is 39.3 Å². The van der Waals surface area contributed by atoms with E-state index in [1.807, 2.05) is 20.8 Å². The first-order chi connectivity index (χ1) is 13.1. The molecule has 0 aliphatic carbocycles. The number of carbonyl (C=O) groups is 2. The summed E-state index contributed by atoms with van der Waals surface area (Å²) in [6.07, 6.45) is 0.552. The van der Waals surface area contributed by atoms with Crippen molar-refractivity contribution in [1.82, 2.24) is 15.1 Å². The first kappa shape index (κ1) is 22.2. The van der Waals surface area contributed by atoms with Crippen molar-refractivity contribution in [2.45, 2.75) is 52.6 Å². The monoisotopic (exact) mass is 389 g/mol. The lowest BCUT2D eigenvalue weighted by Crippen LogP contribution is -2.52. The molecular formula is C22H35N3O3. The van der Waals surface area contributed by atoms with Crippen molar-refractivity contribution in [2.24, 2.45) is 0 Å². The Balaban J connectivity index is 1.65. The van der Waals surface area contributed by atoms with Crippen LogP contribution in [0.2, 0.25) is 0 Å². The number of amides is 2. The molecule has 1 aliphatic rings. The summed E-state index contributed by atoms with van der Waals surface area (Å²) in [5.41, 5.74) is 2.08. The van der Waals surface area contributed by atoms with Gasteiger partial charge in [0.1, 0.15) is 5.60 Å². The Labute approximate surface area is 169 Å². The highest BCUT2D eigenvalue weighted by molar-refractivity contribution is 5.78. The number of hydrogen-bond donors (Lipinski definition) is 1. The van der Waals surface area contributed by atoms with Crippen LogP contribution < -0.4 is 5.32 Å². The molecule has 6 heteroatoms. The Bertz CT molecular complexity index is 642. The minimum absolute atomic E-state index is 0.0320. The molecule has 28 heavy (non-hydrogen) atoms. The van der Waals surface area contributed by atoms with Crippen molar-refractivity contribution in [1.29, 1.82) is 0 Å². The average Bonchev–Trinajstić information content (AvgIpc) is 2.61. The van der Waals surface area contributed by atoms with Gasteiger partial charge in [0, 0.05) is 32.7 Å². The van der Waals surface area contributed by atoms with E-state index in [9.17, 15) is 9.59 Å². The average molecular weight is 390 g/mol. The first-order valence-electron chi connectivity index (χ1n) is 10.2. The highest BCUT2D eigenvalue weighted by atomic mass is 16.6. The molecule has 0 atom stereocenters. The zero-order valence-electron chi connectivity index (χ0n) is 18.0. The SMILES string of the molecule is CC(C)c1ccc(CCNC(=O)CN2CCN(C(=O)OC(C)(C)C)CC2)cc1. The molecule has 0 spiro atoms. The lowest BCUT2D eigenvalue weighted by molar-refractivity contribution is -0.122. The first-order valence-corrected chi connectivity index (χ1v) is 10.2. The molecule has 0 aromatic heterocycles. The van der Waals surface area contributed by atoms with Crippen LogP contribution in [-0.2, 0) is 16.0 Å². The van der Waals surface area contributed by atoms with Gasteiger partial charge in [0.2, 0.25) is 5.91 Å². The molecule has 1 fully saturated rings. The van der Waals surface area contributed by atoms with Crippen LogP contribution in [0.25, 0.3) is 0 Å². The Morgan fingerprint density at radius 3 is 2.21 bits per heavy atom. The number of benzene rings is 1. The highest BCUT2D eigenvalue weighted by Crippen LogP contribution is 2.15. The quantitative estimate of drug-likeness (QED) is 0.812. The number of nitrogens with one attached hydrogen (secondary N) is 1. The molecule has 1 aromatic carbocycles. The van der Waals surface area contributed by atoms with E-state index in [4.69, 9.17) is 4.74 Å². The molecule has 1 aromatic rings. The molecule has 0 radical (unpaired) electrons. The molecule has 1 saturated heterocycles. The summed E-state index contributed by atoms with van der Waals surface area (Å²) < 4.78 is 5.40. The van der Waals surface area contributed by atoms with Crippen LogP contribution >= 0.6 is 0 Å². The fraction of sp³-hybridized carbons (Fsp3) is 0.636. The van der Waals surface area contributed by atoms with E-state index in [0.717, 1.165) is 6.42 Å². The maximum Gasteiger partial charge on any atom is 0.410 e. The van der Waals surface area contributed by atoms with Crippen LogP contribution in [0.3, 0.4) is 0 Å². The van der Waals surface area contributed by atoms with Gasteiger partial charge in [0.25, 0.3) is 0 Å². The van der Waals surface area contributed by atoms with E-state index in [1.54, 1.807) is 4.90 Å². The number of rotatable bonds is 6. The fourth-order valence-corrected chi connectivity index (χ4v) is 3.09. The second-order valence-corrected chi connectivity index (χ2v) is 8.74. The van der Waals surface area contributed by atoms with Crippen LogP contribution in [0.4, 0.5) is 4.79 Å². The highest BCUT2D eigenvalue weighted by Gasteiger charge is 2.26. The maximum absolute atomic E-state index is 12.2. The van der Waals surface area contributed by atoms with Crippen molar-refractivity contribution >= 4 is 12.0 Å². The second kappa shape index (κ2) is 9.92. The molecule has 0 bridgehead atoms. The molecule has 2 rings (SSSR count). The summed E-state index contributed by atoms with van der Waals surface area (Å²) in [4.78, 5) is 28.1. The molecule has 156 valence electrons. The van der Waals surface area contributed by atoms with Crippen molar-refractivity contribution in [3.63, 3.8) is 0 Å². The molecule has 2 amide bonds. The van der Waals surface area contributed by atoms with E-state index in [2.05, 4.69) is 48.3 Å². The Morgan fingerprint density at radius 1 is 1.07 bits per heavy atom. The predicted octanol–water partition coefficient (Wildman–Crippen LogP) is 3.02. The number of nitrogens with zero attached hydrogens (tertiary/aromatic N) is 2. The minimum Gasteiger partial charge on any atom is -0.444 e. The molecular weight excluding hydrogens is 354 g/mol. The standard InChI is InChI=1S/C22H35N3O3/c1-17(2)19-8-6-18(7-9-19)10-11-23-20(26)16-24-12-14-25(15-13-24)21(27)28-22(3,4)5/h6-9,17H,10-16H2,1-5H3,(H,23,26). The van der Waals surface area contributed by atoms with Gasteiger partial charge >= 0.3 is 6.09 Å². The zero-order chi connectivity index (χ0) is 20.7. The third-order valence-corrected chi connectivity index (χ3v) is 4.77. The van der Waals surface area contributed by atoms with Gasteiger partial charge in [0.15, 0.2) is 0 Å². The van der Waals surface area contributed by atoms with Crippen molar-refractivity contribution in [3.05, 3.63) is 35.4 Å². The van der Waals surface area contributed by atoms with Gasteiger partial charge in [-0.15, -0.1) is 0 Å². The summed E-state index contributed by atoms with van der Waals surface area (Å²) in [5, 5.41) is 3.00. The predicted molar refractivity (Wildman–Crippen MR) is 111 cm³/mol.